The molecule has 160 valence electrons. The summed E-state index contributed by atoms with van der Waals surface area (Å²) in [5, 5.41) is 6.24. The number of benzene rings is 2. The van der Waals surface area contributed by atoms with Gasteiger partial charge in [-0.25, -0.2) is 10.2 Å². The summed E-state index contributed by atoms with van der Waals surface area (Å²) in [6.07, 6.45) is 1.43. The molecule has 0 saturated heterocycles. The molecule has 1 heterocycles. The fourth-order valence-electron chi connectivity index (χ4n) is 2.34. The highest BCUT2D eigenvalue weighted by atomic mass is 79.9. The molecule has 0 saturated carbocycles. The summed E-state index contributed by atoms with van der Waals surface area (Å²) in [7, 11) is 1.47. The van der Waals surface area contributed by atoms with Gasteiger partial charge in [0.15, 0.2) is 18.1 Å². The first-order valence-corrected chi connectivity index (χ1v) is 10.8. The van der Waals surface area contributed by atoms with Crippen LogP contribution < -0.4 is 19.6 Å². The average molecular weight is 524 g/mol. The van der Waals surface area contributed by atoms with Gasteiger partial charge >= 0.3 is 5.97 Å². The van der Waals surface area contributed by atoms with Crippen LogP contribution in [0.25, 0.3) is 0 Å². The number of hydrogen-bond donors (Lipinski definition) is 1. The van der Waals surface area contributed by atoms with Crippen LogP contribution in [0.15, 0.2) is 63.5 Å². The second-order valence-electron chi connectivity index (χ2n) is 5.93. The van der Waals surface area contributed by atoms with Gasteiger partial charge in [0.2, 0.25) is 0 Å². The maximum absolute atomic E-state index is 12.1. The number of carbonyl (C=O) groups excluding carboxylic acids is 2. The lowest BCUT2D eigenvalue weighted by atomic mass is 10.2. The van der Waals surface area contributed by atoms with Crippen molar-refractivity contribution in [1.29, 1.82) is 0 Å². The second-order valence-corrected chi connectivity index (χ2v) is 8.17. The van der Waals surface area contributed by atoms with Crippen LogP contribution >= 0.6 is 38.9 Å². The van der Waals surface area contributed by atoms with Crippen molar-refractivity contribution in [1.82, 2.24) is 5.43 Å². The summed E-state index contributed by atoms with van der Waals surface area (Å²) >= 11 is 10.5. The third-order valence-electron chi connectivity index (χ3n) is 3.77. The van der Waals surface area contributed by atoms with Gasteiger partial charge in [0.25, 0.3) is 5.91 Å². The summed E-state index contributed by atoms with van der Waals surface area (Å²) < 4.78 is 16.7. The lowest BCUT2D eigenvalue weighted by Crippen LogP contribution is -2.24. The third-order valence-corrected chi connectivity index (χ3v) is 5.47. The van der Waals surface area contributed by atoms with Crippen LogP contribution in [0.4, 0.5) is 0 Å². The van der Waals surface area contributed by atoms with Crippen LogP contribution in [-0.4, -0.2) is 31.8 Å². The molecule has 0 aliphatic heterocycles. The van der Waals surface area contributed by atoms with Crippen molar-refractivity contribution in [3.05, 3.63) is 73.8 Å². The Morgan fingerprint density at radius 2 is 1.97 bits per heavy atom. The molecule has 0 unspecified atom stereocenters. The quantitative estimate of drug-likeness (QED) is 0.196. The number of nitrogens with zero attached hydrogens (tertiary/aromatic N) is 1. The summed E-state index contributed by atoms with van der Waals surface area (Å²) in [6.45, 7) is -0.224. The molecule has 0 atom stereocenters. The molecule has 3 aromatic rings. The number of rotatable bonds is 8. The van der Waals surface area contributed by atoms with Gasteiger partial charge in [0.1, 0.15) is 10.6 Å². The molecule has 1 N–H and O–H groups in total. The molecule has 0 radical (unpaired) electrons. The number of ether oxygens (including phenoxy) is 3. The minimum absolute atomic E-state index is 0.224. The van der Waals surface area contributed by atoms with Gasteiger partial charge in [-0.1, -0.05) is 17.7 Å². The molecule has 1 amide bonds. The van der Waals surface area contributed by atoms with Gasteiger partial charge < -0.3 is 14.2 Å². The van der Waals surface area contributed by atoms with E-state index in [4.69, 9.17) is 25.8 Å². The van der Waals surface area contributed by atoms with E-state index in [1.807, 2.05) is 0 Å². The van der Waals surface area contributed by atoms with E-state index in [1.165, 1.54) is 24.7 Å². The zero-order chi connectivity index (χ0) is 22.2. The lowest BCUT2D eigenvalue weighted by Gasteiger charge is -2.09. The standard InChI is InChI=1S/C21H16BrClN2O5S/c1-28-18-9-13(4-6-17(18)30-21(27)19-3-2-8-31-19)11-24-25-20(26)12-29-16-7-5-14(23)10-15(16)22/h2-11H,12H2,1H3,(H,25,26). The Bertz CT molecular complexity index is 1110. The van der Waals surface area contributed by atoms with Gasteiger partial charge in [-0.2, -0.15) is 5.10 Å². The Balaban J connectivity index is 1.55. The normalized spacial score (nSPS) is 10.7. The third kappa shape index (κ3) is 6.55. The number of hydrazone groups is 1. The van der Waals surface area contributed by atoms with Crippen LogP contribution in [0.2, 0.25) is 5.02 Å². The van der Waals surface area contributed by atoms with Crippen LogP contribution in [0.3, 0.4) is 0 Å². The summed E-state index contributed by atoms with van der Waals surface area (Å²) in [5.41, 5.74) is 3.01. The van der Waals surface area contributed by atoms with Gasteiger partial charge in [-0.05, 0) is 69.3 Å². The monoisotopic (exact) mass is 522 g/mol. The van der Waals surface area contributed by atoms with Crippen LogP contribution in [0.1, 0.15) is 15.2 Å². The van der Waals surface area contributed by atoms with E-state index in [1.54, 1.807) is 53.9 Å². The van der Waals surface area contributed by atoms with Crippen molar-refractivity contribution in [2.24, 2.45) is 5.10 Å². The molecule has 2 aromatic carbocycles. The Morgan fingerprint density at radius 3 is 2.68 bits per heavy atom. The summed E-state index contributed by atoms with van der Waals surface area (Å²) in [4.78, 5) is 24.5. The van der Waals surface area contributed by atoms with Gasteiger partial charge in [0.05, 0.1) is 17.8 Å². The number of halogens is 2. The number of nitrogens with one attached hydrogen (secondary N) is 1. The van der Waals surface area contributed by atoms with Gasteiger partial charge in [0, 0.05) is 5.02 Å². The first-order valence-electron chi connectivity index (χ1n) is 8.79. The average Bonchev–Trinajstić information content (AvgIpc) is 3.29. The van der Waals surface area contributed by atoms with E-state index >= 15 is 0 Å². The first kappa shape index (κ1) is 22.8. The SMILES string of the molecule is COc1cc(C=NNC(=O)COc2ccc(Cl)cc2Br)ccc1OC(=O)c1cccs1. The van der Waals surface area contributed by atoms with Crippen molar-refractivity contribution >= 4 is 57.0 Å². The number of esters is 1. The highest BCUT2D eigenvalue weighted by Gasteiger charge is 2.13. The predicted octanol–water partition coefficient (Wildman–Crippen LogP) is 4.92. The fraction of sp³-hybridized carbons (Fsp3) is 0.0952. The Hall–Kier alpha value is -2.88. The maximum atomic E-state index is 12.1. The molecule has 0 spiro atoms. The van der Waals surface area contributed by atoms with E-state index in [0.29, 0.717) is 31.4 Å². The lowest BCUT2D eigenvalue weighted by molar-refractivity contribution is -0.123. The zero-order valence-electron chi connectivity index (χ0n) is 16.1. The van der Waals surface area contributed by atoms with E-state index in [2.05, 4.69) is 26.5 Å². The molecular weight excluding hydrogens is 508 g/mol. The Kier molecular flexibility index (Phi) is 8.05. The highest BCUT2D eigenvalue weighted by Crippen LogP contribution is 2.29. The van der Waals surface area contributed by atoms with Crippen molar-refractivity contribution in [3.63, 3.8) is 0 Å². The van der Waals surface area contributed by atoms with E-state index in [9.17, 15) is 9.59 Å². The molecule has 1 aromatic heterocycles. The zero-order valence-corrected chi connectivity index (χ0v) is 19.3. The predicted molar refractivity (Wildman–Crippen MR) is 123 cm³/mol. The van der Waals surface area contributed by atoms with Crippen molar-refractivity contribution < 1.29 is 23.8 Å². The van der Waals surface area contributed by atoms with E-state index in [-0.39, 0.29) is 12.4 Å². The topological polar surface area (TPSA) is 86.2 Å². The smallest absolute Gasteiger partial charge is 0.353 e. The molecule has 0 aliphatic carbocycles. The summed E-state index contributed by atoms with van der Waals surface area (Å²) in [6, 6.07) is 13.3. The number of hydrogen-bond acceptors (Lipinski definition) is 7. The summed E-state index contributed by atoms with van der Waals surface area (Å²) in [5.74, 6) is 0.224. The van der Waals surface area contributed by atoms with Crippen LogP contribution in [-0.2, 0) is 4.79 Å². The number of carbonyl (C=O) groups is 2. The molecule has 0 bridgehead atoms. The highest BCUT2D eigenvalue weighted by molar-refractivity contribution is 9.10. The molecule has 10 heteroatoms. The van der Waals surface area contributed by atoms with Crippen LogP contribution in [0.5, 0.6) is 17.2 Å². The maximum Gasteiger partial charge on any atom is 0.353 e. The van der Waals surface area contributed by atoms with Crippen molar-refractivity contribution in [3.8, 4) is 17.2 Å². The number of amides is 1. The number of thiophene rings is 1. The molecule has 0 aliphatic rings. The Morgan fingerprint density at radius 1 is 1.16 bits per heavy atom. The van der Waals surface area contributed by atoms with Gasteiger partial charge in [-0.3, -0.25) is 4.79 Å². The minimum atomic E-state index is -0.464. The van der Waals surface area contributed by atoms with Crippen LogP contribution in [0, 0.1) is 0 Å². The van der Waals surface area contributed by atoms with Gasteiger partial charge in [-0.15, -0.1) is 11.3 Å². The largest absolute Gasteiger partial charge is 0.493 e. The van der Waals surface area contributed by atoms with Crippen molar-refractivity contribution in [2.45, 2.75) is 0 Å². The first-order chi connectivity index (χ1) is 15.0. The van der Waals surface area contributed by atoms with E-state index in [0.717, 1.165) is 0 Å². The second kappa shape index (κ2) is 10.9. The molecule has 7 nitrogen and oxygen atoms in total. The molecule has 31 heavy (non-hydrogen) atoms. The molecule has 0 fully saturated rings. The molecule has 3 rings (SSSR count). The Labute approximate surface area is 195 Å². The van der Waals surface area contributed by atoms with E-state index < -0.39 is 11.9 Å². The van der Waals surface area contributed by atoms with Crippen molar-refractivity contribution in [2.75, 3.05) is 13.7 Å². The molecular formula is C21H16BrClN2O5S. The number of methoxy groups -OCH3 is 1. The fourth-order valence-corrected chi connectivity index (χ4v) is 3.74. The minimum Gasteiger partial charge on any atom is -0.493 e.